The normalized spacial score (nSPS) is 17.4. The second-order valence-electron chi connectivity index (χ2n) is 9.58. The molecule has 206 valence electrons. The average Bonchev–Trinajstić information content (AvgIpc) is 2.97. The van der Waals surface area contributed by atoms with E-state index in [1.165, 1.54) is 0 Å². The van der Waals surface area contributed by atoms with Gasteiger partial charge in [0.05, 0.1) is 52.1 Å². The summed E-state index contributed by atoms with van der Waals surface area (Å²) in [5, 5.41) is 8.56. The molecule has 2 aromatic carbocycles. The minimum Gasteiger partial charge on any atom is -0.493 e. The molecule has 0 spiro atoms. The highest BCUT2D eigenvalue weighted by atomic mass is 16.5. The van der Waals surface area contributed by atoms with Crippen LogP contribution >= 0.6 is 0 Å². The number of morpholine rings is 2. The zero-order chi connectivity index (χ0) is 26.1. The second kappa shape index (κ2) is 16.9. The number of hydrogen-bond acceptors (Lipinski definition) is 8. The van der Waals surface area contributed by atoms with Gasteiger partial charge in [0.1, 0.15) is 11.5 Å². The molecule has 0 bridgehead atoms. The van der Waals surface area contributed by atoms with E-state index in [4.69, 9.17) is 18.9 Å². The fourth-order valence-electron chi connectivity index (χ4n) is 4.52. The van der Waals surface area contributed by atoms with Crippen LogP contribution in [0.4, 0.5) is 0 Å². The second-order valence-corrected chi connectivity index (χ2v) is 9.58. The van der Waals surface area contributed by atoms with Crippen molar-refractivity contribution in [3.63, 3.8) is 0 Å². The Hall–Kier alpha value is -2.78. The van der Waals surface area contributed by atoms with Gasteiger partial charge in [-0.1, -0.05) is 24.3 Å². The van der Waals surface area contributed by atoms with Gasteiger partial charge in [-0.05, 0) is 63.0 Å². The van der Waals surface area contributed by atoms with Crippen LogP contribution in [0.5, 0.6) is 11.5 Å². The van der Waals surface area contributed by atoms with Crippen molar-refractivity contribution < 1.29 is 18.9 Å². The molecule has 0 atom stereocenters. The molecule has 8 nitrogen and oxygen atoms in total. The summed E-state index contributed by atoms with van der Waals surface area (Å²) in [4.78, 5) is 4.91. The molecule has 2 aliphatic heterocycles. The highest BCUT2D eigenvalue weighted by Crippen LogP contribution is 2.18. The van der Waals surface area contributed by atoms with Gasteiger partial charge < -0.3 is 18.9 Å². The Morgan fingerprint density at radius 1 is 0.605 bits per heavy atom. The monoisotopic (exact) mass is 522 g/mol. The van der Waals surface area contributed by atoms with Gasteiger partial charge in [0.25, 0.3) is 0 Å². The summed E-state index contributed by atoms with van der Waals surface area (Å²) in [7, 11) is 0. The lowest BCUT2D eigenvalue weighted by molar-refractivity contribution is 0.0367. The summed E-state index contributed by atoms with van der Waals surface area (Å²) in [5.74, 6) is 1.66. The summed E-state index contributed by atoms with van der Waals surface area (Å²) < 4.78 is 22.9. The third kappa shape index (κ3) is 10.2. The SMILES string of the molecule is C(=N\N=C\c1ccccc1OCCCCN1CCOCC1)/c1ccccc1OCCCCN1CCOCC1. The molecule has 0 saturated carbocycles. The van der Waals surface area contributed by atoms with Crippen molar-refractivity contribution in [2.45, 2.75) is 25.7 Å². The van der Waals surface area contributed by atoms with Crippen LogP contribution in [0.1, 0.15) is 36.8 Å². The molecule has 2 aliphatic rings. The van der Waals surface area contributed by atoms with Gasteiger partial charge in [0, 0.05) is 37.3 Å². The van der Waals surface area contributed by atoms with Crippen LogP contribution in [0.3, 0.4) is 0 Å². The van der Waals surface area contributed by atoms with E-state index in [2.05, 4.69) is 20.0 Å². The lowest BCUT2D eigenvalue weighted by atomic mass is 10.2. The van der Waals surface area contributed by atoms with Crippen molar-refractivity contribution in [2.75, 3.05) is 78.9 Å². The highest BCUT2D eigenvalue weighted by Gasteiger charge is 2.10. The molecule has 2 saturated heterocycles. The number of para-hydroxylation sites is 2. The minimum atomic E-state index is 0.690. The van der Waals surface area contributed by atoms with Crippen LogP contribution in [0.15, 0.2) is 58.7 Å². The molecule has 2 fully saturated rings. The van der Waals surface area contributed by atoms with Gasteiger partial charge >= 0.3 is 0 Å². The highest BCUT2D eigenvalue weighted by molar-refractivity contribution is 5.86. The lowest BCUT2D eigenvalue weighted by Gasteiger charge is -2.26. The number of ether oxygens (including phenoxy) is 4. The molecule has 0 unspecified atom stereocenters. The summed E-state index contributed by atoms with van der Waals surface area (Å²) in [6, 6.07) is 15.9. The molecule has 0 amide bonds. The Balaban J connectivity index is 1.18. The Labute approximate surface area is 227 Å². The van der Waals surface area contributed by atoms with E-state index < -0.39 is 0 Å². The zero-order valence-corrected chi connectivity index (χ0v) is 22.5. The largest absolute Gasteiger partial charge is 0.493 e. The van der Waals surface area contributed by atoms with Crippen molar-refractivity contribution in [3.8, 4) is 11.5 Å². The van der Waals surface area contributed by atoms with Crippen LogP contribution < -0.4 is 9.47 Å². The van der Waals surface area contributed by atoms with E-state index in [1.54, 1.807) is 12.4 Å². The van der Waals surface area contributed by atoms with Crippen LogP contribution in [0.2, 0.25) is 0 Å². The van der Waals surface area contributed by atoms with Gasteiger partial charge in [-0.15, -0.1) is 0 Å². The van der Waals surface area contributed by atoms with E-state index in [1.807, 2.05) is 48.5 Å². The number of rotatable bonds is 15. The fourth-order valence-corrected chi connectivity index (χ4v) is 4.52. The number of unbranched alkanes of at least 4 members (excludes halogenated alkanes) is 2. The van der Waals surface area contributed by atoms with Crippen LogP contribution in [0, 0.1) is 0 Å². The Bertz CT molecular complexity index is 908. The molecule has 4 rings (SSSR count). The number of benzene rings is 2. The van der Waals surface area contributed by atoms with Crippen LogP contribution in [-0.2, 0) is 9.47 Å². The first-order valence-corrected chi connectivity index (χ1v) is 14.0. The number of hydrogen-bond donors (Lipinski definition) is 0. The van der Waals surface area contributed by atoms with E-state index in [0.29, 0.717) is 13.2 Å². The molecule has 2 heterocycles. The molecular formula is C30H42N4O4. The fraction of sp³-hybridized carbons (Fsp3) is 0.533. The quantitative estimate of drug-likeness (QED) is 0.199. The van der Waals surface area contributed by atoms with Crippen molar-refractivity contribution in [3.05, 3.63) is 59.7 Å². The molecule has 0 N–H and O–H groups in total. The summed E-state index contributed by atoms with van der Waals surface area (Å²) in [5.41, 5.74) is 1.84. The first-order valence-electron chi connectivity index (χ1n) is 14.0. The third-order valence-corrected chi connectivity index (χ3v) is 6.76. The van der Waals surface area contributed by atoms with E-state index in [9.17, 15) is 0 Å². The van der Waals surface area contributed by atoms with Gasteiger partial charge in [-0.2, -0.15) is 10.2 Å². The van der Waals surface area contributed by atoms with E-state index in [0.717, 1.165) is 114 Å². The summed E-state index contributed by atoms with van der Waals surface area (Å²) in [6.45, 7) is 11.1. The summed E-state index contributed by atoms with van der Waals surface area (Å²) >= 11 is 0. The van der Waals surface area contributed by atoms with Crippen LogP contribution in [0.25, 0.3) is 0 Å². The molecule has 2 aromatic rings. The van der Waals surface area contributed by atoms with Crippen molar-refractivity contribution >= 4 is 12.4 Å². The minimum absolute atomic E-state index is 0.690. The molecule has 0 aromatic heterocycles. The van der Waals surface area contributed by atoms with E-state index in [-0.39, 0.29) is 0 Å². The molecule has 38 heavy (non-hydrogen) atoms. The van der Waals surface area contributed by atoms with Crippen molar-refractivity contribution in [1.82, 2.24) is 9.80 Å². The van der Waals surface area contributed by atoms with Gasteiger partial charge in [-0.25, -0.2) is 0 Å². The third-order valence-electron chi connectivity index (χ3n) is 6.76. The smallest absolute Gasteiger partial charge is 0.128 e. The topological polar surface area (TPSA) is 68.1 Å². The van der Waals surface area contributed by atoms with Gasteiger partial charge in [0.15, 0.2) is 0 Å². The molecular weight excluding hydrogens is 480 g/mol. The molecule has 0 radical (unpaired) electrons. The maximum atomic E-state index is 6.05. The zero-order valence-electron chi connectivity index (χ0n) is 22.5. The first-order chi connectivity index (χ1) is 18.9. The maximum absolute atomic E-state index is 6.05. The Morgan fingerprint density at radius 2 is 1.03 bits per heavy atom. The van der Waals surface area contributed by atoms with Crippen LogP contribution in [-0.4, -0.2) is 101 Å². The van der Waals surface area contributed by atoms with Crippen molar-refractivity contribution in [2.24, 2.45) is 10.2 Å². The standard InChI is InChI=1S/C30H42N4O4/c1-3-11-29(37-19-7-5-13-33-15-21-35-22-16-33)27(9-1)25-31-32-26-28-10-2-4-12-30(28)38-20-8-6-14-34-17-23-36-24-18-34/h1-4,9-12,25-26H,5-8,13-24H2/b31-25+,32-26+. The lowest BCUT2D eigenvalue weighted by Crippen LogP contribution is -2.36. The first kappa shape index (κ1) is 28.2. The average molecular weight is 523 g/mol. The Morgan fingerprint density at radius 3 is 1.47 bits per heavy atom. The van der Waals surface area contributed by atoms with Gasteiger partial charge in [0.2, 0.25) is 0 Å². The van der Waals surface area contributed by atoms with Gasteiger partial charge in [-0.3, -0.25) is 9.80 Å². The predicted octanol–water partition coefficient (Wildman–Crippen LogP) is 4.12. The van der Waals surface area contributed by atoms with Crippen molar-refractivity contribution in [1.29, 1.82) is 0 Å². The molecule has 0 aliphatic carbocycles. The summed E-state index contributed by atoms with van der Waals surface area (Å²) in [6.07, 6.45) is 7.77. The molecule has 8 heteroatoms. The Kier molecular flexibility index (Phi) is 12.6. The maximum Gasteiger partial charge on any atom is 0.128 e. The van der Waals surface area contributed by atoms with E-state index >= 15 is 0 Å². The number of nitrogens with zero attached hydrogens (tertiary/aromatic N) is 4. The predicted molar refractivity (Wildman–Crippen MR) is 152 cm³/mol.